The zero-order chi connectivity index (χ0) is 69.3. The number of aliphatic hydroxyl groups is 15. The van der Waals surface area contributed by atoms with E-state index in [0.717, 1.165) is 11.9 Å². The van der Waals surface area contributed by atoms with E-state index in [0.29, 0.717) is 57.8 Å². The first-order valence-corrected chi connectivity index (χ1v) is 33.4. The molecule has 95 heavy (non-hydrogen) atoms. The molecule has 0 radical (unpaired) electrons. The van der Waals surface area contributed by atoms with Gasteiger partial charge in [-0.3, -0.25) is 4.79 Å². The Hall–Kier alpha value is -2.69. The molecule has 0 bridgehead atoms. The van der Waals surface area contributed by atoms with E-state index < -0.39 is 243 Å². The lowest BCUT2D eigenvalue weighted by molar-refractivity contribution is -0.391. The third kappa shape index (κ3) is 12.5. The molecule has 0 amide bonds. The number of esters is 1. The second-order valence-electron chi connectivity index (χ2n) is 30.7. The standard InChI is InChI=1S/C64H100O31/c1-24-34(69)39(74)49(93-54-44(79)40(75)46(25(2)87-54)90-52-41(76)35(70)28(67)21-84-52)56(86-24)95-58(83)64-17-15-59(3,4)19-27(64)26-9-10-32-60(5)13-12-33(61(6,23-66)31(60)11-14-63(32,8)62(26,7)16-18-64)89-57-50(94-55-43(78)38(73)37(72)30(20-65)88-55)47(45(80)48(92-57)51(81)82)91-53-42(77)36(71)29(68)22-85-53/h9,23-25,27-50,52-57,65,67-80H,10-22H2,1-8H3,(H,81,82)/t24-,25+,27+,28-,29-,30-,31-,32-,33+,34+,35+,36+,37+,38+,39+,40+,41-,42-,43-,44-,45+,46+,47+,48+,49-,50-,52+,53+,54+,55+,56+,57-,60+,61+,62-,63-,64+/m1/s1. The topological polar surface area (TPSA) is 486 Å². The molecule has 0 spiro atoms. The number of aliphatic carboxylic acids is 1. The Morgan fingerprint density at radius 2 is 1.09 bits per heavy atom. The number of hydrogen-bond acceptors (Lipinski definition) is 30. The SMILES string of the molecule is C[C@@H]1O[C@@H](O[C@H]2[C@H](OC(=O)[C@]34CCC(C)(C)C[C@H]3C3=CC[C@@H]5[C@@]6(C)CC[C@H](O[C@@H]7O[C@H](C(=O)O)[C@@H](O)[C@H](O[C@@H]8OC[C@@H](O)[C@H](O)[C@H]8O)[C@H]7O[C@@H]7O[C@H](CO)[C@H](O)[C@H](O)[C@H]7O)[C@@](C)(C=O)[C@@H]6CC[C@@]5(C)[C@]3(C)CC4)O[C@H](C)[C@H](O)[C@@H]2O)[C@H](O)[C@H](O)[C@H]1O[C@@H]1OC[C@@H](O)[C@H](O)[C@H]1O. The van der Waals surface area contributed by atoms with Crippen molar-refractivity contribution in [2.75, 3.05) is 19.8 Å². The minimum absolute atomic E-state index is 0.0791. The maximum atomic E-state index is 15.6. The number of aliphatic hydroxyl groups excluding tert-OH is 15. The van der Waals surface area contributed by atoms with Crippen LogP contribution in [-0.4, -0.2) is 298 Å². The summed E-state index contributed by atoms with van der Waals surface area (Å²) in [6.07, 6.45) is -41.9. The van der Waals surface area contributed by atoms with Crippen LogP contribution in [0.15, 0.2) is 11.6 Å². The summed E-state index contributed by atoms with van der Waals surface area (Å²) in [4.78, 5) is 42.7. The van der Waals surface area contributed by atoms with Gasteiger partial charge in [0.25, 0.3) is 0 Å². The monoisotopic (exact) mass is 1360 g/mol. The summed E-state index contributed by atoms with van der Waals surface area (Å²) in [7, 11) is 0. The molecule has 6 saturated heterocycles. The Bertz CT molecular complexity index is 2760. The summed E-state index contributed by atoms with van der Waals surface area (Å²) in [5.41, 5.74) is -3.23. The lowest BCUT2D eigenvalue weighted by atomic mass is 9.33. The van der Waals surface area contributed by atoms with Crippen molar-refractivity contribution >= 4 is 18.2 Å². The van der Waals surface area contributed by atoms with Crippen molar-refractivity contribution in [1.29, 1.82) is 0 Å². The van der Waals surface area contributed by atoms with Crippen LogP contribution in [0.2, 0.25) is 0 Å². The molecule has 31 heteroatoms. The normalized spacial score (nSPS) is 54.7. The van der Waals surface area contributed by atoms with Gasteiger partial charge in [0.1, 0.15) is 116 Å². The molecule has 11 aliphatic rings. The predicted molar refractivity (Wildman–Crippen MR) is 314 cm³/mol. The number of carbonyl (C=O) groups is 3. The van der Waals surface area contributed by atoms with Gasteiger partial charge in [0, 0.05) is 0 Å². The summed E-state index contributed by atoms with van der Waals surface area (Å²) >= 11 is 0. The lowest BCUT2D eigenvalue weighted by Crippen LogP contribution is -2.68. The van der Waals surface area contributed by atoms with Crippen LogP contribution in [0, 0.1) is 50.2 Å². The van der Waals surface area contributed by atoms with Gasteiger partial charge in [-0.15, -0.1) is 0 Å². The third-order valence-electron chi connectivity index (χ3n) is 24.7. The van der Waals surface area contributed by atoms with Crippen molar-refractivity contribution in [3.63, 3.8) is 0 Å². The molecule has 0 aromatic heterocycles. The van der Waals surface area contributed by atoms with Crippen LogP contribution in [0.25, 0.3) is 0 Å². The van der Waals surface area contributed by atoms with E-state index in [2.05, 4.69) is 40.7 Å². The van der Waals surface area contributed by atoms with Gasteiger partial charge in [-0.1, -0.05) is 53.2 Å². The van der Waals surface area contributed by atoms with Gasteiger partial charge >= 0.3 is 11.9 Å². The number of hydrogen-bond donors (Lipinski definition) is 16. The van der Waals surface area contributed by atoms with Crippen LogP contribution in [0.1, 0.15) is 120 Å². The number of carboxylic acids is 1. The van der Waals surface area contributed by atoms with E-state index in [1.807, 2.05) is 0 Å². The molecular weight excluding hydrogens is 1260 g/mol. The Morgan fingerprint density at radius 1 is 0.537 bits per heavy atom. The Kier molecular flexibility index (Phi) is 21.1. The zero-order valence-electron chi connectivity index (χ0n) is 54.6. The van der Waals surface area contributed by atoms with Crippen LogP contribution in [0.3, 0.4) is 0 Å². The van der Waals surface area contributed by atoms with Gasteiger partial charge in [0.15, 0.2) is 43.7 Å². The molecule has 6 heterocycles. The molecule has 0 aromatic carbocycles. The Morgan fingerprint density at radius 3 is 1.72 bits per heavy atom. The quantitative estimate of drug-likeness (QED) is 0.0324. The van der Waals surface area contributed by atoms with Gasteiger partial charge in [-0.25, -0.2) is 4.79 Å². The smallest absolute Gasteiger partial charge is 0.335 e. The highest BCUT2D eigenvalue weighted by atomic mass is 16.8. The maximum Gasteiger partial charge on any atom is 0.335 e. The number of aldehydes is 1. The summed E-state index contributed by atoms with van der Waals surface area (Å²) in [5, 5.41) is 173. The van der Waals surface area contributed by atoms with Crippen molar-refractivity contribution in [3.8, 4) is 0 Å². The van der Waals surface area contributed by atoms with Gasteiger partial charge in [0.05, 0.1) is 49.0 Å². The molecule has 11 rings (SSSR count). The van der Waals surface area contributed by atoms with E-state index in [1.165, 1.54) is 13.8 Å². The average molecular weight is 1370 g/mol. The van der Waals surface area contributed by atoms with E-state index in [-0.39, 0.29) is 23.7 Å². The van der Waals surface area contributed by atoms with Crippen molar-refractivity contribution in [1.82, 2.24) is 0 Å². The molecular formula is C64H100O31. The van der Waals surface area contributed by atoms with Gasteiger partial charge in [0.2, 0.25) is 6.29 Å². The van der Waals surface area contributed by atoms with E-state index >= 15 is 4.79 Å². The Balaban J connectivity index is 0.845. The van der Waals surface area contributed by atoms with Crippen LogP contribution in [0.5, 0.6) is 0 Å². The molecule has 37 atom stereocenters. The minimum Gasteiger partial charge on any atom is -0.479 e. The van der Waals surface area contributed by atoms with Crippen molar-refractivity contribution in [2.24, 2.45) is 50.2 Å². The third-order valence-corrected chi connectivity index (χ3v) is 24.7. The molecule has 0 aromatic rings. The summed E-state index contributed by atoms with van der Waals surface area (Å²) in [5.74, 6) is -3.18. The highest BCUT2D eigenvalue weighted by molar-refractivity contribution is 5.79. The first-order valence-electron chi connectivity index (χ1n) is 33.4. The molecule has 6 aliphatic heterocycles. The number of rotatable bonds is 15. The molecule has 31 nitrogen and oxygen atoms in total. The van der Waals surface area contributed by atoms with Gasteiger partial charge < -0.3 is 143 Å². The zero-order valence-corrected chi connectivity index (χ0v) is 54.6. The van der Waals surface area contributed by atoms with Crippen LogP contribution in [-0.2, 0) is 71.2 Å². The van der Waals surface area contributed by atoms with E-state index in [1.54, 1.807) is 6.92 Å². The van der Waals surface area contributed by atoms with Gasteiger partial charge in [-0.2, -0.15) is 0 Å². The van der Waals surface area contributed by atoms with Gasteiger partial charge in [-0.05, 0) is 117 Å². The number of carbonyl (C=O) groups excluding carboxylic acids is 2. The highest BCUT2D eigenvalue weighted by Crippen LogP contribution is 2.76. The van der Waals surface area contributed by atoms with Crippen molar-refractivity contribution in [2.45, 2.75) is 298 Å². The first kappa shape index (κ1) is 73.5. The fraction of sp³-hybridized carbons (Fsp3) is 0.922. The fourth-order valence-electron chi connectivity index (χ4n) is 18.7. The van der Waals surface area contributed by atoms with Crippen LogP contribution in [0.4, 0.5) is 0 Å². The lowest BCUT2D eigenvalue weighted by Gasteiger charge is -2.71. The van der Waals surface area contributed by atoms with E-state index in [9.17, 15) is 91.3 Å². The van der Waals surface area contributed by atoms with Crippen molar-refractivity contribution < 1.29 is 153 Å². The maximum absolute atomic E-state index is 15.6. The summed E-state index contributed by atoms with van der Waals surface area (Å²) in [6, 6.07) is 0. The fourth-order valence-corrected chi connectivity index (χ4v) is 18.7. The molecule has 10 fully saturated rings. The number of carboxylic acid groups (broad SMARTS) is 1. The molecule has 0 unspecified atom stereocenters. The summed E-state index contributed by atoms with van der Waals surface area (Å²) in [6.45, 7) is 13.9. The number of fused-ring (bicyclic) bond motifs is 7. The molecule has 4 saturated carbocycles. The first-order chi connectivity index (χ1) is 44.5. The average Bonchev–Trinajstić information content (AvgIpc) is 0.676. The van der Waals surface area contributed by atoms with E-state index in [4.69, 9.17) is 56.8 Å². The van der Waals surface area contributed by atoms with Crippen LogP contribution >= 0.6 is 0 Å². The Labute approximate surface area is 549 Å². The second kappa shape index (κ2) is 27.3. The summed E-state index contributed by atoms with van der Waals surface area (Å²) < 4.78 is 72.1. The van der Waals surface area contributed by atoms with Crippen LogP contribution < -0.4 is 0 Å². The molecule has 5 aliphatic carbocycles. The molecule has 16 N–H and O–H groups in total. The number of ether oxygens (including phenoxy) is 12. The number of allylic oxidation sites excluding steroid dienone is 2. The second-order valence-corrected chi connectivity index (χ2v) is 30.7. The minimum atomic E-state index is -2.19. The predicted octanol–water partition coefficient (Wildman–Crippen LogP) is -3.78. The van der Waals surface area contributed by atoms with Crippen molar-refractivity contribution in [3.05, 3.63) is 11.6 Å². The highest BCUT2D eigenvalue weighted by Gasteiger charge is 2.71. The largest absolute Gasteiger partial charge is 0.479 e. The molecule has 542 valence electrons.